The van der Waals surface area contributed by atoms with Crippen molar-refractivity contribution in [3.8, 4) is 6.07 Å². The van der Waals surface area contributed by atoms with Gasteiger partial charge in [0.25, 0.3) is 0 Å². The average Bonchev–Trinajstić information content (AvgIpc) is 3.42. The third-order valence-electron chi connectivity index (χ3n) is 6.22. The van der Waals surface area contributed by atoms with Gasteiger partial charge in [0.1, 0.15) is 5.82 Å². The zero-order chi connectivity index (χ0) is 20.9. The van der Waals surface area contributed by atoms with Crippen LogP contribution in [0.15, 0.2) is 24.3 Å². The number of rotatable bonds is 7. The molecule has 1 aromatic carbocycles. The Labute approximate surface area is 179 Å². The molecular formula is C24H32N6. The summed E-state index contributed by atoms with van der Waals surface area (Å²) in [5, 5.41) is 16.5. The van der Waals surface area contributed by atoms with Gasteiger partial charge in [-0.2, -0.15) is 10.2 Å². The molecule has 0 radical (unpaired) electrons. The molecule has 1 saturated carbocycles. The molecule has 158 valence electrons. The van der Waals surface area contributed by atoms with Crippen LogP contribution in [0.2, 0.25) is 0 Å². The third-order valence-corrected chi connectivity index (χ3v) is 6.22. The maximum atomic E-state index is 9.32. The molecule has 1 aliphatic carbocycles. The van der Waals surface area contributed by atoms with Crippen LogP contribution in [0.1, 0.15) is 62.3 Å². The van der Waals surface area contributed by atoms with Crippen molar-refractivity contribution in [1.82, 2.24) is 15.3 Å². The summed E-state index contributed by atoms with van der Waals surface area (Å²) in [5.41, 5.74) is 3.55. The van der Waals surface area contributed by atoms with Crippen molar-refractivity contribution in [1.29, 1.82) is 5.26 Å². The number of nitrogens with one attached hydrogen (secondary N) is 2. The lowest BCUT2D eigenvalue weighted by Gasteiger charge is -2.21. The predicted molar refractivity (Wildman–Crippen MR) is 121 cm³/mol. The highest BCUT2D eigenvalue weighted by Crippen LogP contribution is 2.25. The van der Waals surface area contributed by atoms with Crippen molar-refractivity contribution in [2.24, 2.45) is 0 Å². The minimum atomic E-state index is 0.546. The first-order chi connectivity index (χ1) is 14.6. The Morgan fingerprint density at radius 2 is 1.97 bits per heavy atom. The van der Waals surface area contributed by atoms with E-state index in [1.807, 2.05) is 25.1 Å². The van der Waals surface area contributed by atoms with Gasteiger partial charge in [-0.25, -0.2) is 4.98 Å². The van der Waals surface area contributed by atoms with Crippen LogP contribution in [0.4, 0.5) is 17.5 Å². The molecule has 0 amide bonds. The monoisotopic (exact) mass is 404 g/mol. The van der Waals surface area contributed by atoms with E-state index < -0.39 is 0 Å². The largest absolute Gasteiger partial charge is 0.355 e. The summed E-state index contributed by atoms with van der Waals surface area (Å²) in [6, 6.07) is 11.4. The molecule has 1 aliphatic heterocycles. The van der Waals surface area contributed by atoms with Crippen molar-refractivity contribution in [3.63, 3.8) is 0 Å². The summed E-state index contributed by atoms with van der Waals surface area (Å²) >= 11 is 0. The fraction of sp³-hybridized carbons (Fsp3) is 0.542. The zero-order valence-corrected chi connectivity index (χ0v) is 18.1. The van der Waals surface area contributed by atoms with Gasteiger partial charge in [0, 0.05) is 42.6 Å². The lowest BCUT2D eigenvalue weighted by atomic mass is 10.1. The topological polar surface area (TPSA) is 76.9 Å². The number of nitrogens with zero attached hydrogens (tertiary/aromatic N) is 4. The van der Waals surface area contributed by atoms with Gasteiger partial charge in [-0.05, 0) is 50.3 Å². The maximum Gasteiger partial charge on any atom is 0.229 e. The molecule has 2 heterocycles. The molecular weight excluding hydrogens is 372 g/mol. The quantitative estimate of drug-likeness (QED) is 0.709. The van der Waals surface area contributed by atoms with Crippen molar-refractivity contribution < 1.29 is 0 Å². The second-order valence-electron chi connectivity index (χ2n) is 8.64. The minimum absolute atomic E-state index is 0.546. The van der Waals surface area contributed by atoms with Crippen LogP contribution in [0.25, 0.3) is 0 Å². The van der Waals surface area contributed by atoms with Gasteiger partial charge in [0.05, 0.1) is 11.6 Å². The number of aryl methyl sites for hydroxylation is 2. The number of nitriles is 1. The van der Waals surface area contributed by atoms with Gasteiger partial charge in [-0.3, -0.25) is 0 Å². The Kier molecular flexibility index (Phi) is 6.49. The summed E-state index contributed by atoms with van der Waals surface area (Å²) in [6.07, 6.45) is 8.50. The molecule has 2 aromatic rings. The van der Waals surface area contributed by atoms with E-state index in [9.17, 15) is 5.26 Å². The molecule has 0 spiro atoms. The Bertz CT molecular complexity index is 912. The smallest absolute Gasteiger partial charge is 0.229 e. The molecule has 1 saturated heterocycles. The molecule has 30 heavy (non-hydrogen) atoms. The Balaban J connectivity index is 1.51. The van der Waals surface area contributed by atoms with Gasteiger partial charge in [0.2, 0.25) is 5.95 Å². The molecule has 4 rings (SSSR count). The normalized spacial score (nSPS) is 19.2. The van der Waals surface area contributed by atoms with Crippen molar-refractivity contribution in [3.05, 3.63) is 41.1 Å². The number of anilines is 3. The van der Waals surface area contributed by atoms with E-state index in [1.165, 1.54) is 25.7 Å². The van der Waals surface area contributed by atoms with E-state index in [2.05, 4.69) is 34.6 Å². The first-order valence-corrected chi connectivity index (χ1v) is 11.3. The third kappa shape index (κ3) is 4.91. The molecule has 2 N–H and O–H groups in total. The summed E-state index contributed by atoms with van der Waals surface area (Å²) in [7, 11) is 0. The van der Waals surface area contributed by atoms with E-state index in [4.69, 9.17) is 9.97 Å². The highest BCUT2D eigenvalue weighted by Gasteiger charge is 2.27. The van der Waals surface area contributed by atoms with Crippen LogP contribution in [-0.4, -0.2) is 35.1 Å². The van der Waals surface area contributed by atoms with E-state index in [1.54, 1.807) is 0 Å². The van der Waals surface area contributed by atoms with Crippen molar-refractivity contribution in [2.75, 3.05) is 23.3 Å². The molecule has 6 nitrogen and oxygen atoms in total. The van der Waals surface area contributed by atoms with Gasteiger partial charge >= 0.3 is 0 Å². The summed E-state index contributed by atoms with van der Waals surface area (Å²) in [6.45, 7) is 6.14. The molecule has 1 aromatic heterocycles. The first-order valence-electron chi connectivity index (χ1n) is 11.3. The molecule has 0 bridgehead atoms. The Morgan fingerprint density at radius 1 is 1.13 bits per heavy atom. The number of hydrogen-bond acceptors (Lipinski definition) is 6. The van der Waals surface area contributed by atoms with Crippen molar-refractivity contribution in [2.45, 2.75) is 70.9 Å². The van der Waals surface area contributed by atoms with Crippen molar-refractivity contribution >= 4 is 17.5 Å². The number of hydrogen-bond donors (Lipinski definition) is 2. The van der Waals surface area contributed by atoms with E-state index in [-0.39, 0.29) is 0 Å². The Morgan fingerprint density at radius 3 is 2.73 bits per heavy atom. The predicted octanol–water partition coefficient (Wildman–Crippen LogP) is 4.46. The highest BCUT2D eigenvalue weighted by molar-refractivity contribution is 5.59. The zero-order valence-electron chi connectivity index (χ0n) is 18.1. The standard InChI is InChI=1S/C24H32N6/c1-3-6-20-14-23(30-12-11-22(16-30)26-19-7-4-5-8-19)29-24(27-20)28-21-10-9-17(2)18(13-21)15-25/h9-10,13-14,19,22,26H,3-8,11-12,16H2,1-2H3,(H,27,28,29)/t22-/m0/s1. The molecule has 6 heteroatoms. The van der Waals surface area contributed by atoms with Crippen LogP contribution in [-0.2, 0) is 6.42 Å². The van der Waals surface area contributed by atoms with Crippen LogP contribution in [0.3, 0.4) is 0 Å². The van der Waals surface area contributed by atoms with Gasteiger partial charge in [-0.15, -0.1) is 0 Å². The Hall–Kier alpha value is -2.65. The lowest BCUT2D eigenvalue weighted by Crippen LogP contribution is -2.38. The van der Waals surface area contributed by atoms with E-state index in [0.717, 1.165) is 55.1 Å². The van der Waals surface area contributed by atoms with Gasteiger partial charge < -0.3 is 15.5 Å². The fourth-order valence-electron chi connectivity index (χ4n) is 4.56. The molecule has 2 aliphatic rings. The molecule has 0 unspecified atom stereocenters. The first kappa shape index (κ1) is 20.6. The maximum absolute atomic E-state index is 9.32. The summed E-state index contributed by atoms with van der Waals surface area (Å²) in [5.74, 6) is 1.61. The van der Waals surface area contributed by atoms with Gasteiger partial charge in [0.15, 0.2) is 0 Å². The van der Waals surface area contributed by atoms with Crippen LogP contribution in [0.5, 0.6) is 0 Å². The lowest BCUT2D eigenvalue weighted by molar-refractivity contribution is 0.451. The van der Waals surface area contributed by atoms with E-state index in [0.29, 0.717) is 23.6 Å². The SMILES string of the molecule is CCCc1cc(N2CC[C@H](NC3CCCC3)C2)nc(Nc2ccc(C)c(C#N)c2)n1. The number of benzene rings is 1. The summed E-state index contributed by atoms with van der Waals surface area (Å²) < 4.78 is 0. The second kappa shape index (κ2) is 9.44. The van der Waals surface area contributed by atoms with Crippen LogP contribution >= 0.6 is 0 Å². The number of aromatic nitrogens is 2. The van der Waals surface area contributed by atoms with E-state index >= 15 is 0 Å². The average molecular weight is 405 g/mol. The summed E-state index contributed by atoms with van der Waals surface area (Å²) in [4.78, 5) is 11.9. The molecule has 2 fully saturated rings. The van der Waals surface area contributed by atoms with Crippen LogP contribution in [0, 0.1) is 18.3 Å². The minimum Gasteiger partial charge on any atom is -0.355 e. The van der Waals surface area contributed by atoms with Gasteiger partial charge in [-0.1, -0.05) is 32.3 Å². The van der Waals surface area contributed by atoms with Crippen LogP contribution < -0.4 is 15.5 Å². The second-order valence-corrected chi connectivity index (χ2v) is 8.64. The molecule has 1 atom stereocenters. The fourth-order valence-corrected chi connectivity index (χ4v) is 4.56. The highest BCUT2D eigenvalue weighted by atomic mass is 15.3.